The second kappa shape index (κ2) is 5.77. The maximum absolute atomic E-state index is 12.2. The molecule has 2 aromatic rings. The maximum Gasteiger partial charge on any atom is 0.265 e. The van der Waals surface area contributed by atoms with E-state index >= 15 is 0 Å². The van der Waals surface area contributed by atoms with Crippen molar-refractivity contribution in [3.8, 4) is 0 Å². The third kappa shape index (κ3) is 3.01. The van der Waals surface area contributed by atoms with E-state index < -0.39 is 10.0 Å². The van der Waals surface area contributed by atoms with Crippen LogP contribution < -0.4 is 10.5 Å². The molecule has 0 spiro atoms. The van der Waals surface area contributed by atoms with E-state index in [1.54, 1.807) is 6.07 Å². The van der Waals surface area contributed by atoms with Crippen LogP contribution in [0.2, 0.25) is 10.0 Å². The summed E-state index contributed by atoms with van der Waals surface area (Å²) >= 11 is 15.1. The molecule has 0 bridgehead atoms. The second-order valence-electron chi connectivity index (χ2n) is 3.72. The molecule has 0 saturated heterocycles. The first-order valence-electron chi connectivity index (χ1n) is 5.20. The summed E-state index contributed by atoms with van der Waals surface area (Å²) in [6, 6.07) is 5.89. The summed E-state index contributed by atoms with van der Waals surface area (Å²) in [5.74, 6) is -0.0978. The van der Waals surface area contributed by atoms with Crippen LogP contribution in [-0.2, 0) is 10.0 Å². The van der Waals surface area contributed by atoms with Crippen molar-refractivity contribution in [3.05, 3.63) is 45.0 Å². The first-order valence-corrected chi connectivity index (χ1v) is 8.23. The summed E-state index contributed by atoms with van der Waals surface area (Å²) in [6.07, 6.45) is 1.40. The van der Waals surface area contributed by atoms with Gasteiger partial charge in [0.05, 0.1) is 15.7 Å². The Labute approximate surface area is 134 Å². The van der Waals surface area contributed by atoms with Crippen LogP contribution in [0.25, 0.3) is 0 Å². The van der Waals surface area contributed by atoms with Crippen LogP contribution >= 0.6 is 39.1 Å². The molecule has 0 atom stereocenters. The number of rotatable bonds is 3. The lowest BCUT2D eigenvalue weighted by atomic mass is 10.3. The zero-order chi connectivity index (χ0) is 14.9. The zero-order valence-electron chi connectivity index (χ0n) is 9.77. The minimum Gasteiger partial charge on any atom is -0.383 e. The number of nitrogens with two attached hydrogens (primary N) is 1. The van der Waals surface area contributed by atoms with Crippen LogP contribution in [0.4, 0.5) is 11.5 Å². The number of nitrogen functional groups attached to an aromatic ring is 1. The minimum atomic E-state index is -3.89. The van der Waals surface area contributed by atoms with E-state index in [0.29, 0.717) is 4.47 Å². The number of anilines is 2. The second-order valence-corrected chi connectivity index (χ2v) is 6.98. The number of hydrogen-bond donors (Lipinski definition) is 2. The summed E-state index contributed by atoms with van der Waals surface area (Å²) in [5, 5.41) is 0.304. The quantitative estimate of drug-likeness (QED) is 0.777. The molecule has 1 aromatic heterocycles. The highest BCUT2D eigenvalue weighted by atomic mass is 79.9. The number of sulfonamides is 1. The van der Waals surface area contributed by atoms with Gasteiger partial charge in [0.2, 0.25) is 0 Å². The van der Waals surface area contributed by atoms with E-state index in [2.05, 4.69) is 25.6 Å². The molecular weight excluding hydrogens is 389 g/mol. The molecule has 0 fully saturated rings. The van der Waals surface area contributed by atoms with Crippen LogP contribution in [0.15, 0.2) is 39.8 Å². The topological polar surface area (TPSA) is 85.1 Å². The van der Waals surface area contributed by atoms with Gasteiger partial charge in [-0.3, -0.25) is 4.72 Å². The van der Waals surface area contributed by atoms with Crippen molar-refractivity contribution in [1.29, 1.82) is 0 Å². The van der Waals surface area contributed by atoms with Gasteiger partial charge in [-0.15, -0.1) is 0 Å². The molecule has 1 aromatic carbocycles. The van der Waals surface area contributed by atoms with Gasteiger partial charge < -0.3 is 5.73 Å². The van der Waals surface area contributed by atoms with Gasteiger partial charge in [-0.1, -0.05) is 23.2 Å². The van der Waals surface area contributed by atoms with Crippen molar-refractivity contribution in [2.75, 3.05) is 10.5 Å². The van der Waals surface area contributed by atoms with Gasteiger partial charge in [0, 0.05) is 10.7 Å². The van der Waals surface area contributed by atoms with Crippen molar-refractivity contribution >= 4 is 60.7 Å². The molecule has 2 rings (SSSR count). The molecule has 1 heterocycles. The van der Waals surface area contributed by atoms with Crippen LogP contribution in [0.1, 0.15) is 0 Å². The molecule has 9 heteroatoms. The Morgan fingerprint density at radius 1 is 1.20 bits per heavy atom. The Bertz CT molecular complexity index is 768. The fourth-order valence-electron chi connectivity index (χ4n) is 1.43. The van der Waals surface area contributed by atoms with Gasteiger partial charge in [0.1, 0.15) is 10.7 Å². The van der Waals surface area contributed by atoms with Gasteiger partial charge in [0.15, 0.2) is 0 Å². The maximum atomic E-state index is 12.2. The van der Waals surface area contributed by atoms with E-state index in [4.69, 9.17) is 28.9 Å². The average molecular weight is 397 g/mol. The number of halogens is 3. The SMILES string of the molecule is Nc1ncccc1S(=O)(=O)Nc1ccc(Br)c(Cl)c1Cl. The average Bonchev–Trinajstić information content (AvgIpc) is 2.40. The number of nitrogens with one attached hydrogen (secondary N) is 1. The summed E-state index contributed by atoms with van der Waals surface area (Å²) in [6.45, 7) is 0. The summed E-state index contributed by atoms with van der Waals surface area (Å²) in [5.41, 5.74) is 5.71. The predicted octanol–water partition coefficient (Wildman–Crippen LogP) is 3.53. The molecule has 106 valence electrons. The Balaban J connectivity index is 2.45. The number of aromatic nitrogens is 1. The molecule has 0 radical (unpaired) electrons. The largest absolute Gasteiger partial charge is 0.383 e. The van der Waals surface area contributed by atoms with E-state index in [9.17, 15) is 8.42 Å². The third-order valence-electron chi connectivity index (χ3n) is 2.37. The molecule has 0 aliphatic heterocycles. The summed E-state index contributed by atoms with van der Waals surface area (Å²) in [7, 11) is -3.89. The molecule has 0 aliphatic rings. The Morgan fingerprint density at radius 3 is 2.55 bits per heavy atom. The van der Waals surface area contributed by atoms with E-state index in [-0.39, 0.29) is 26.4 Å². The number of nitrogens with zero attached hydrogens (tertiary/aromatic N) is 1. The van der Waals surface area contributed by atoms with Crippen molar-refractivity contribution in [3.63, 3.8) is 0 Å². The predicted molar refractivity (Wildman–Crippen MR) is 83.6 cm³/mol. The van der Waals surface area contributed by atoms with E-state index in [1.165, 1.54) is 24.4 Å². The molecule has 0 saturated carbocycles. The number of benzene rings is 1. The van der Waals surface area contributed by atoms with Gasteiger partial charge in [-0.05, 0) is 40.2 Å². The van der Waals surface area contributed by atoms with Crippen molar-refractivity contribution < 1.29 is 8.42 Å². The fourth-order valence-corrected chi connectivity index (χ4v) is 3.47. The molecule has 20 heavy (non-hydrogen) atoms. The molecular formula is C11H8BrCl2N3O2S. The van der Waals surface area contributed by atoms with Crippen LogP contribution in [0, 0.1) is 0 Å². The highest BCUT2D eigenvalue weighted by Gasteiger charge is 2.20. The molecule has 0 unspecified atom stereocenters. The summed E-state index contributed by atoms with van der Waals surface area (Å²) < 4.78 is 27.3. The first kappa shape index (κ1) is 15.4. The third-order valence-corrected chi connectivity index (χ3v) is 5.55. The van der Waals surface area contributed by atoms with Crippen molar-refractivity contribution in [2.45, 2.75) is 4.90 Å². The smallest absolute Gasteiger partial charge is 0.265 e. The standard InChI is InChI=1S/C11H8BrCl2N3O2S/c12-6-3-4-7(10(14)9(6)13)17-20(18,19)8-2-1-5-16-11(8)15/h1-5,17H,(H2,15,16). The highest BCUT2D eigenvalue weighted by Crippen LogP contribution is 2.36. The Morgan fingerprint density at radius 2 is 1.90 bits per heavy atom. The van der Waals surface area contributed by atoms with E-state index in [0.717, 1.165) is 0 Å². The molecule has 0 aliphatic carbocycles. The zero-order valence-corrected chi connectivity index (χ0v) is 13.7. The van der Waals surface area contributed by atoms with Gasteiger partial charge in [-0.25, -0.2) is 13.4 Å². The first-order chi connectivity index (χ1) is 9.33. The Kier molecular flexibility index (Phi) is 4.43. The molecule has 5 nitrogen and oxygen atoms in total. The van der Waals surface area contributed by atoms with Crippen LogP contribution in [0.3, 0.4) is 0 Å². The van der Waals surface area contributed by atoms with Crippen molar-refractivity contribution in [1.82, 2.24) is 4.98 Å². The molecule has 3 N–H and O–H groups in total. The fraction of sp³-hybridized carbons (Fsp3) is 0. The molecule has 0 amide bonds. The van der Waals surface area contributed by atoms with Gasteiger partial charge >= 0.3 is 0 Å². The lowest BCUT2D eigenvalue weighted by molar-refractivity contribution is 0.601. The number of pyridine rings is 1. The normalized spacial score (nSPS) is 11.3. The highest BCUT2D eigenvalue weighted by molar-refractivity contribution is 9.10. The number of hydrogen-bond acceptors (Lipinski definition) is 4. The summed E-state index contributed by atoms with van der Waals surface area (Å²) in [4.78, 5) is 3.60. The van der Waals surface area contributed by atoms with Gasteiger partial charge in [-0.2, -0.15) is 0 Å². The van der Waals surface area contributed by atoms with Crippen LogP contribution in [0.5, 0.6) is 0 Å². The lowest BCUT2D eigenvalue weighted by Gasteiger charge is -2.12. The monoisotopic (exact) mass is 395 g/mol. The van der Waals surface area contributed by atoms with Crippen LogP contribution in [-0.4, -0.2) is 13.4 Å². The lowest BCUT2D eigenvalue weighted by Crippen LogP contribution is -2.15. The Hall–Kier alpha value is -1.02. The van der Waals surface area contributed by atoms with Crippen molar-refractivity contribution in [2.24, 2.45) is 0 Å². The van der Waals surface area contributed by atoms with E-state index in [1.807, 2.05) is 0 Å². The van der Waals surface area contributed by atoms with Gasteiger partial charge in [0.25, 0.3) is 10.0 Å². The minimum absolute atomic E-state index is 0.0899.